The zero-order valence-corrected chi connectivity index (χ0v) is 12.3. The number of halogens is 1. The zero-order valence-electron chi connectivity index (χ0n) is 12.3. The molecule has 5 heteroatoms. The molecule has 4 nitrogen and oxygen atoms in total. The molecular weight excluding hydrogens is 295 g/mol. The van der Waals surface area contributed by atoms with Crippen molar-refractivity contribution in [1.29, 1.82) is 5.26 Å². The SMILES string of the molecule is N#CC(C(=O)Cc1ccc(F)cc1)C(=O)NCc1ccccc1. The number of Topliss-reactive ketones (excluding diaryl/α,β-unsaturated/α-hetero) is 1. The lowest BCUT2D eigenvalue weighted by Gasteiger charge is -2.10. The number of carbonyl (C=O) groups excluding carboxylic acids is 2. The number of nitrogens with one attached hydrogen (secondary N) is 1. The first-order chi connectivity index (χ1) is 11.1. The van der Waals surface area contributed by atoms with Crippen molar-refractivity contribution in [2.24, 2.45) is 5.92 Å². The minimum Gasteiger partial charge on any atom is -0.350 e. The van der Waals surface area contributed by atoms with E-state index in [1.165, 1.54) is 24.3 Å². The molecule has 1 amide bonds. The summed E-state index contributed by atoms with van der Waals surface area (Å²) < 4.78 is 12.8. The Hall–Kier alpha value is -3.00. The molecule has 2 aromatic carbocycles. The van der Waals surface area contributed by atoms with Gasteiger partial charge in [0.15, 0.2) is 11.7 Å². The fraction of sp³-hybridized carbons (Fsp3) is 0.167. The summed E-state index contributed by atoms with van der Waals surface area (Å²) in [5, 5.41) is 11.7. The number of ketones is 1. The summed E-state index contributed by atoms with van der Waals surface area (Å²) in [6.45, 7) is 0.252. The molecule has 1 unspecified atom stereocenters. The standard InChI is InChI=1S/C18H15FN2O2/c19-15-8-6-13(7-9-15)10-17(22)16(11-20)18(23)21-12-14-4-2-1-3-5-14/h1-9,16H,10,12H2,(H,21,23). The van der Waals surface area contributed by atoms with E-state index in [0.717, 1.165) is 5.56 Å². The van der Waals surface area contributed by atoms with Gasteiger partial charge in [-0.05, 0) is 23.3 Å². The van der Waals surface area contributed by atoms with Crippen LogP contribution < -0.4 is 5.32 Å². The first-order valence-electron chi connectivity index (χ1n) is 7.08. The highest BCUT2D eigenvalue weighted by molar-refractivity contribution is 6.04. The molecule has 1 N–H and O–H groups in total. The topological polar surface area (TPSA) is 70.0 Å². The third-order valence-corrected chi connectivity index (χ3v) is 3.31. The lowest BCUT2D eigenvalue weighted by molar-refractivity contribution is -0.131. The first kappa shape index (κ1) is 16.4. The molecule has 0 fully saturated rings. The number of nitriles is 1. The van der Waals surface area contributed by atoms with Gasteiger partial charge < -0.3 is 5.32 Å². The van der Waals surface area contributed by atoms with Crippen LogP contribution in [0, 0.1) is 23.1 Å². The van der Waals surface area contributed by atoms with Gasteiger partial charge in [0, 0.05) is 13.0 Å². The van der Waals surface area contributed by atoms with Crippen LogP contribution in [0.3, 0.4) is 0 Å². The van der Waals surface area contributed by atoms with Gasteiger partial charge in [-0.3, -0.25) is 9.59 Å². The smallest absolute Gasteiger partial charge is 0.245 e. The number of amides is 1. The van der Waals surface area contributed by atoms with Crippen molar-refractivity contribution >= 4 is 11.7 Å². The number of hydrogen-bond donors (Lipinski definition) is 1. The minimum absolute atomic E-state index is 0.0860. The van der Waals surface area contributed by atoms with Gasteiger partial charge in [0.1, 0.15) is 5.82 Å². The molecular formula is C18H15FN2O2. The van der Waals surface area contributed by atoms with Crippen LogP contribution in [-0.4, -0.2) is 11.7 Å². The third-order valence-electron chi connectivity index (χ3n) is 3.31. The predicted molar refractivity (Wildman–Crippen MR) is 82.5 cm³/mol. The number of benzene rings is 2. The van der Waals surface area contributed by atoms with Crippen molar-refractivity contribution in [3.8, 4) is 6.07 Å². The van der Waals surface area contributed by atoms with Crippen molar-refractivity contribution in [2.75, 3.05) is 0 Å². The summed E-state index contributed by atoms with van der Waals surface area (Å²) in [6.07, 6.45) is -0.0860. The van der Waals surface area contributed by atoms with Crippen LogP contribution >= 0.6 is 0 Å². The van der Waals surface area contributed by atoms with Gasteiger partial charge in [-0.2, -0.15) is 5.26 Å². The van der Waals surface area contributed by atoms with Gasteiger partial charge in [-0.1, -0.05) is 42.5 Å². The van der Waals surface area contributed by atoms with Crippen LogP contribution in [0.4, 0.5) is 4.39 Å². The maximum atomic E-state index is 12.8. The Morgan fingerprint density at radius 3 is 2.30 bits per heavy atom. The molecule has 0 radical (unpaired) electrons. The van der Waals surface area contributed by atoms with Crippen LogP contribution in [0.1, 0.15) is 11.1 Å². The summed E-state index contributed by atoms with van der Waals surface area (Å²) in [5.41, 5.74) is 1.44. The molecule has 1 atom stereocenters. The summed E-state index contributed by atoms with van der Waals surface area (Å²) in [6, 6.07) is 16.3. The van der Waals surface area contributed by atoms with Crippen molar-refractivity contribution in [1.82, 2.24) is 5.32 Å². The van der Waals surface area contributed by atoms with E-state index in [4.69, 9.17) is 5.26 Å². The minimum atomic E-state index is -1.37. The summed E-state index contributed by atoms with van der Waals surface area (Å²) in [4.78, 5) is 24.1. The molecule has 0 aliphatic heterocycles. The molecule has 0 aliphatic carbocycles. The Morgan fingerprint density at radius 1 is 1.04 bits per heavy atom. The van der Waals surface area contributed by atoms with Crippen molar-refractivity contribution in [3.05, 3.63) is 71.5 Å². The predicted octanol–water partition coefficient (Wildman–Crippen LogP) is 2.39. The van der Waals surface area contributed by atoms with Crippen molar-refractivity contribution < 1.29 is 14.0 Å². The Balaban J connectivity index is 1.95. The van der Waals surface area contributed by atoms with Crippen LogP contribution in [0.15, 0.2) is 54.6 Å². The summed E-state index contributed by atoms with van der Waals surface area (Å²) >= 11 is 0. The number of hydrogen-bond acceptors (Lipinski definition) is 3. The second-order valence-electron chi connectivity index (χ2n) is 5.04. The molecule has 0 heterocycles. The molecule has 0 saturated heterocycles. The van der Waals surface area contributed by atoms with Gasteiger partial charge in [-0.25, -0.2) is 4.39 Å². The Labute approximate surface area is 133 Å². The quantitative estimate of drug-likeness (QED) is 0.833. The lowest BCUT2D eigenvalue weighted by atomic mass is 9.98. The molecule has 0 aromatic heterocycles. The number of rotatable bonds is 6. The van der Waals surface area contributed by atoms with Crippen LogP contribution in [0.2, 0.25) is 0 Å². The van der Waals surface area contributed by atoms with E-state index in [1.807, 2.05) is 30.3 Å². The highest BCUT2D eigenvalue weighted by Crippen LogP contribution is 2.08. The fourth-order valence-corrected chi connectivity index (χ4v) is 2.07. The number of carbonyl (C=O) groups is 2. The number of nitrogens with zero attached hydrogens (tertiary/aromatic N) is 1. The monoisotopic (exact) mass is 310 g/mol. The van der Waals surface area contributed by atoms with E-state index in [9.17, 15) is 14.0 Å². The lowest BCUT2D eigenvalue weighted by Crippen LogP contribution is -2.35. The largest absolute Gasteiger partial charge is 0.350 e. The molecule has 23 heavy (non-hydrogen) atoms. The van der Waals surface area contributed by atoms with E-state index in [-0.39, 0.29) is 13.0 Å². The zero-order chi connectivity index (χ0) is 16.7. The Bertz CT molecular complexity index is 721. The summed E-state index contributed by atoms with van der Waals surface area (Å²) in [7, 11) is 0. The Kier molecular flexibility index (Phi) is 5.59. The average molecular weight is 310 g/mol. The molecule has 0 bridgehead atoms. The molecule has 0 spiro atoms. The third kappa shape index (κ3) is 4.75. The summed E-state index contributed by atoms with van der Waals surface area (Å²) in [5.74, 6) is -2.91. The van der Waals surface area contributed by atoms with Gasteiger partial charge in [0.25, 0.3) is 0 Å². The van der Waals surface area contributed by atoms with Gasteiger partial charge in [-0.15, -0.1) is 0 Å². The Morgan fingerprint density at radius 2 is 1.70 bits per heavy atom. The molecule has 0 aliphatic rings. The highest BCUT2D eigenvalue weighted by atomic mass is 19.1. The van der Waals surface area contributed by atoms with Crippen LogP contribution in [0.5, 0.6) is 0 Å². The maximum absolute atomic E-state index is 12.8. The van der Waals surface area contributed by atoms with Gasteiger partial charge in [0.05, 0.1) is 6.07 Å². The second-order valence-corrected chi connectivity index (χ2v) is 5.04. The fourth-order valence-electron chi connectivity index (χ4n) is 2.07. The maximum Gasteiger partial charge on any atom is 0.245 e. The van der Waals surface area contributed by atoms with Gasteiger partial charge in [0.2, 0.25) is 5.91 Å². The van der Waals surface area contributed by atoms with E-state index in [1.54, 1.807) is 6.07 Å². The highest BCUT2D eigenvalue weighted by Gasteiger charge is 2.26. The molecule has 2 aromatic rings. The van der Waals surface area contributed by atoms with Crippen molar-refractivity contribution in [3.63, 3.8) is 0 Å². The molecule has 2 rings (SSSR count). The van der Waals surface area contributed by atoms with Crippen molar-refractivity contribution in [2.45, 2.75) is 13.0 Å². The van der Waals surface area contributed by atoms with Crippen LogP contribution in [0.25, 0.3) is 0 Å². The van der Waals surface area contributed by atoms with E-state index in [2.05, 4.69) is 5.32 Å². The first-order valence-corrected chi connectivity index (χ1v) is 7.08. The normalized spacial score (nSPS) is 11.3. The second kappa shape index (κ2) is 7.85. The average Bonchev–Trinajstić information content (AvgIpc) is 2.57. The van der Waals surface area contributed by atoms with E-state index < -0.39 is 23.4 Å². The van der Waals surface area contributed by atoms with Crippen LogP contribution in [-0.2, 0) is 22.6 Å². The van der Waals surface area contributed by atoms with Gasteiger partial charge >= 0.3 is 0 Å². The molecule has 116 valence electrons. The molecule has 0 saturated carbocycles. The van der Waals surface area contributed by atoms with E-state index >= 15 is 0 Å². The van der Waals surface area contributed by atoms with E-state index in [0.29, 0.717) is 5.56 Å².